The summed E-state index contributed by atoms with van der Waals surface area (Å²) in [6.45, 7) is 6.08. The van der Waals surface area contributed by atoms with E-state index < -0.39 is 28.1 Å². The van der Waals surface area contributed by atoms with Crippen LogP contribution in [0.4, 0.5) is 18.2 Å². The molecule has 0 spiro atoms. The van der Waals surface area contributed by atoms with E-state index >= 15 is 0 Å². The zero-order valence-corrected chi connectivity index (χ0v) is 27.6. The number of hydrogen-bond donors (Lipinski definition) is 2. The van der Waals surface area contributed by atoms with Gasteiger partial charge in [0, 0.05) is 31.1 Å². The number of nitrogens with two attached hydrogens (primary N) is 1. The van der Waals surface area contributed by atoms with Crippen molar-refractivity contribution in [1.82, 2.24) is 9.21 Å². The van der Waals surface area contributed by atoms with Crippen molar-refractivity contribution in [2.45, 2.75) is 43.3 Å². The molecular formula is C28H32Cl2F3N5O6S2. The molecule has 2 saturated heterocycles. The molecule has 3 N–H and O–H groups in total. The van der Waals surface area contributed by atoms with Crippen molar-refractivity contribution in [2.75, 3.05) is 57.8 Å². The minimum Gasteiger partial charge on any atom is -0.542 e. The zero-order valence-electron chi connectivity index (χ0n) is 24.5. The summed E-state index contributed by atoms with van der Waals surface area (Å²) < 4.78 is 64.6. The average molecular weight is 727 g/mol. The van der Waals surface area contributed by atoms with Gasteiger partial charge in [0.1, 0.15) is 21.9 Å². The number of amides is 1. The summed E-state index contributed by atoms with van der Waals surface area (Å²) in [5, 5.41) is 24.4. The van der Waals surface area contributed by atoms with E-state index in [9.17, 15) is 31.6 Å². The number of quaternary nitrogens is 1. The number of nitriles is 1. The lowest BCUT2D eigenvalue weighted by atomic mass is 9.94. The molecule has 0 unspecified atom stereocenters. The molecule has 0 aliphatic carbocycles. The number of fused-ring (bicyclic) bond motifs is 1. The molecule has 3 aliphatic heterocycles. The van der Waals surface area contributed by atoms with E-state index in [0.717, 1.165) is 42.4 Å². The summed E-state index contributed by atoms with van der Waals surface area (Å²) in [6, 6.07) is 4.76. The molecule has 4 heterocycles. The van der Waals surface area contributed by atoms with Crippen molar-refractivity contribution < 1.29 is 46.3 Å². The van der Waals surface area contributed by atoms with E-state index in [1.165, 1.54) is 60.1 Å². The van der Waals surface area contributed by atoms with Gasteiger partial charge in [-0.2, -0.15) is 22.7 Å². The van der Waals surface area contributed by atoms with Crippen LogP contribution in [0.5, 0.6) is 0 Å². The number of hydrogen-bond acceptors (Lipinski definition) is 9. The van der Waals surface area contributed by atoms with Gasteiger partial charge < -0.3 is 25.3 Å². The second-order valence-corrected chi connectivity index (χ2v) is 14.8. The Hall–Kier alpha value is -2.49. The molecule has 0 radical (unpaired) electrons. The number of morpholine rings is 1. The summed E-state index contributed by atoms with van der Waals surface area (Å²) in [6.07, 6.45) is -0.703. The van der Waals surface area contributed by atoms with Crippen molar-refractivity contribution in [3.8, 4) is 6.07 Å². The van der Waals surface area contributed by atoms with E-state index in [2.05, 4.69) is 21.6 Å². The third-order valence-electron chi connectivity index (χ3n) is 7.97. The van der Waals surface area contributed by atoms with Gasteiger partial charge in [-0.15, -0.1) is 11.3 Å². The normalized spacial score (nSPS) is 18.2. The van der Waals surface area contributed by atoms with Crippen molar-refractivity contribution in [3.63, 3.8) is 0 Å². The smallest absolute Gasteiger partial charge is 0.430 e. The Morgan fingerprint density at radius 3 is 2.41 bits per heavy atom. The number of aliphatic carboxylic acids is 1. The molecular weight excluding hydrogens is 694 g/mol. The van der Waals surface area contributed by atoms with Crippen LogP contribution in [0.25, 0.3) is 0 Å². The van der Waals surface area contributed by atoms with Gasteiger partial charge in [-0.05, 0) is 55.8 Å². The topological polar surface area (TPSA) is 159 Å². The Morgan fingerprint density at radius 2 is 1.80 bits per heavy atom. The number of piperidine rings is 1. The number of halogens is 5. The molecule has 3 aliphatic rings. The van der Waals surface area contributed by atoms with Gasteiger partial charge in [-0.25, -0.2) is 8.42 Å². The fourth-order valence-electron chi connectivity index (χ4n) is 5.50. The first kappa shape index (κ1) is 36.3. The third-order valence-corrected chi connectivity index (χ3v) is 11.8. The number of rotatable bonds is 7. The zero-order chi connectivity index (χ0) is 33.6. The van der Waals surface area contributed by atoms with Crippen LogP contribution in [0.2, 0.25) is 10.0 Å². The third kappa shape index (κ3) is 8.90. The molecule has 0 atom stereocenters. The van der Waals surface area contributed by atoms with Crippen LogP contribution in [0, 0.1) is 17.2 Å². The number of alkyl halides is 3. The van der Waals surface area contributed by atoms with Crippen molar-refractivity contribution in [3.05, 3.63) is 43.7 Å². The number of anilines is 1. The Kier molecular flexibility index (Phi) is 12.3. The maximum absolute atomic E-state index is 13.3. The number of carboxylic acid groups (broad SMARTS) is 1. The lowest BCUT2D eigenvalue weighted by Crippen LogP contribution is -2.86. The number of nitrogens with zero attached hydrogens (tertiary/aromatic N) is 3. The number of carbonyl (C=O) groups is 2. The predicted molar refractivity (Wildman–Crippen MR) is 162 cm³/mol. The fraction of sp³-hybridized carbons (Fsp3) is 0.536. The SMILES string of the molecule is N#Cc1c(NC(=O)c2cc(S(=O)(=O)N3CCOCC3)c(Cl)cc2Cl)sc2c1CCN(CCC1CC[NH2+]CC1)C2.O=C([O-])C(F)(F)F. The van der Waals surface area contributed by atoms with Gasteiger partial charge in [0.2, 0.25) is 10.0 Å². The van der Waals surface area contributed by atoms with Crippen LogP contribution in [-0.4, -0.2) is 88.2 Å². The Balaban J connectivity index is 0.000000617. The Labute approximate surface area is 278 Å². The van der Waals surface area contributed by atoms with E-state index in [-0.39, 0.29) is 46.8 Å². The van der Waals surface area contributed by atoms with Gasteiger partial charge in [-0.3, -0.25) is 9.69 Å². The summed E-state index contributed by atoms with van der Waals surface area (Å²) >= 11 is 14.0. The largest absolute Gasteiger partial charge is 0.542 e. The number of thiophene rings is 1. The van der Waals surface area contributed by atoms with Gasteiger partial charge in [0.15, 0.2) is 0 Å². The molecule has 5 rings (SSSR count). The summed E-state index contributed by atoms with van der Waals surface area (Å²) in [5.41, 5.74) is 1.44. The highest BCUT2D eigenvalue weighted by Crippen LogP contribution is 2.38. The predicted octanol–water partition coefficient (Wildman–Crippen LogP) is 2.22. The molecule has 1 aromatic heterocycles. The van der Waals surface area contributed by atoms with Gasteiger partial charge in [-0.1, -0.05) is 23.2 Å². The molecule has 252 valence electrons. The first-order valence-corrected chi connectivity index (χ1v) is 17.5. The molecule has 11 nitrogen and oxygen atoms in total. The van der Waals surface area contributed by atoms with Crippen LogP contribution in [-0.2, 0) is 32.5 Å². The quantitative estimate of drug-likeness (QED) is 0.440. The molecule has 1 amide bonds. The highest BCUT2D eigenvalue weighted by molar-refractivity contribution is 7.89. The van der Waals surface area contributed by atoms with Gasteiger partial charge in [0.05, 0.1) is 47.5 Å². The monoisotopic (exact) mass is 725 g/mol. The van der Waals surface area contributed by atoms with Crippen LogP contribution in [0.1, 0.15) is 45.6 Å². The number of benzene rings is 1. The first-order valence-electron chi connectivity index (χ1n) is 14.5. The van der Waals surface area contributed by atoms with E-state index in [1.807, 2.05) is 0 Å². The van der Waals surface area contributed by atoms with Crippen molar-refractivity contribution >= 4 is 61.4 Å². The number of carboxylic acids is 1. The molecule has 18 heteroatoms. The molecule has 0 bridgehead atoms. The second kappa shape index (κ2) is 15.6. The molecule has 2 fully saturated rings. The first-order chi connectivity index (χ1) is 21.7. The molecule has 46 heavy (non-hydrogen) atoms. The number of nitrogens with one attached hydrogen (secondary N) is 1. The lowest BCUT2D eigenvalue weighted by Gasteiger charge is -2.29. The highest BCUT2D eigenvalue weighted by Gasteiger charge is 2.32. The Bertz CT molecular complexity index is 1590. The molecule has 2 aromatic rings. The van der Waals surface area contributed by atoms with Gasteiger partial charge >= 0.3 is 6.18 Å². The molecule has 1 aromatic carbocycles. The maximum atomic E-state index is 13.3. The maximum Gasteiger partial charge on any atom is 0.430 e. The molecule has 0 saturated carbocycles. The lowest BCUT2D eigenvalue weighted by molar-refractivity contribution is -0.664. The second-order valence-electron chi connectivity index (χ2n) is 11.0. The van der Waals surface area contributed by atoms with Crippen LogP contribution >= 0.6 is 34.5 Å². The highest BCUT2D eigenvalue weighted by atomic mass is 35.5. The minimum atomic E-state index is -5.19. The van der Waals surface area contributed by atoms with Gasteiger partial charge in [0.25, 0.3) is 5.91 Å². The van der Waals surface area contributed by atoms with Crippen molar-refractivity contribution in [2.24, 2.45) is 5.92 Å². The summed E-state index contributed by atoms with van der Waals surface area (Å²) in [4.78, 5) is 25.5. The summed E-state index contributed by atoms with van der Waals surface area (Å²) in [7, 11) is -3.95. The van der Waals surface area contributed by atoms with E-state index in [0.29, 0.717) is 10.6 Å². The minimum absolute atomic E-state index is 0.0190. The van der Waals surface area contributed by atoms with Crippen LogP contribution in [0.3, 0.4) is 0 Å². The standard InChI is InChI=1S/C26H31Cl2N5O4S2.C2HF3O2/c27-21-14-22(28)24(39(35,36)33-9-11-37-12-10-33)13-19(21)25(34)31-26-20(15-29)18-4-8-32(16-23(18)38-26)7-3-17-1-5-30-6-2-17;3-2(4,5)1(6)7/h13-14,17,30H,1-12,16H2,(H,31,34);(H,6,7). The average Bonchev–Trinajstić information content (AvgIpc) is 3.36. The van der Waals surface area contributed by atoms with E-state index in [1.54, 1.807) is 0 Å². The Morgan fingerprint density at radius 1 is 1.15 bits per heavy atom. The number of ether oxygens (including phenoxy) is 1. The summed E-state index contributed by atoms with van der Waals surface area (Å²) in [5.74, 6) is -2.81. The number of carbonyl (C=O) groups excluding carboxylic acids is 2. The van der Waals surface area contributed by atoms with Crippen LogP contribution < -0.4 is 15.7 Å². The van der Waals surface area contributed by atoms with Crippen molar-refractivity contribution in [1.29, 1.82) is 5.26 Å². The number of sulfonamides is 1. The van der Waals surface area contributed by atoms with E-state index in [4.69, 9.17) is 37.8 Å². The fourth-order valence-corrected chi connectivity index (χ4v) is 8.98. The van der Waals surface area contributed by atoms with Crippen LogP contribution in [0.15, 0.2) is 17.0 Å².